The third kappa shape index (κ3) is 2.69. The van der Waals surface area contributed by atoms with Crippen LogP contribution in [0.3, 0.4) is 0 Å². The van der Waals surface area contributed by atoms with Gasteiger partial charge in [0.15, 0.2) is 11.6 Å². The van der Waals surface area contributed by atoms with Gasteiger partial charge < -0.3 is 18.9 Å². The van der Waals surface area contributed by atoms with Crippen LogP contribution < -0.4 is 0 Å². The molecule has 2 heterocycles. The maximum atomic E-state index is 5.90. The maximum Gasteiger partial charge on any atom is 0.163 e. The predicted molar refractivity (Wildman–Crippen MR) is 67.6 cm³/mol. The van der Waals surface area contributed by atoms with E-state index in [2.05, 4.69) is 22.6 Å². The summed E-state index contributed by atoms with van der Waals surface area (Å²) in [6, 6.07) is 0. The molecule has 2 aliphatic heterocycles. The number of rotatable bonds is 2. The van der Waals surface area contributed by atoms with Crippen LogP contribution in [0, 0.1) is 0 Å². The van der Waals surface area contributed by atoms with Gasteiger partial charge in [-0.2, -0.15) is 0 Å². The van der Waals surface area contributed by atoms with E-state index in [1.165, 1.54) is 0 Å². The summed E-state index contributed by atoms with van der Waals surface area (Å²) in [7, 11) is 0. The molecule has 2 rings (SSSR count). The van der Waals surface area contributed by atoms with Crippen molar-refractivity contribution >= 4 is 22.6 Å². The fraction of sp³-hybridized carbons (Fsp3) is 1.00. The Bertz CT molecular complexity index is 267. The highest BCUT2D eigenvalue weighted by Crippen LogP contribution is 2.35. The van der Waals surface area contributed by atoms with Gasteiger partial charge in [0.25, 0.3) is 0 Å². The number of alkyl halides is 1. The highest BCUT2D eigenvalue weighted by molar-refractivity contribution is 14.1. The van der Waals surface area contributed by atoms with Crippen molar-refractivity contribution in [2.75, 3.05) is 11.0 Å². The van der Waals surface area contributed by atoms with Gasteiger partial charge in [0, 0.05) is 4.43 Å². The number of ether oxygens (including phenoxy) is 4. The van der Waals surface area contributed by atoms with Crippen molar-refractivity contribution < 1.29 is 18.9 Å². The fourth-order valence-corrected chi connectivity index (χ4v) is 2.86. The molecule has 0 unspecified atom stereocenters. The Hall–Kier alpha value is 0.570. The Balaban J connectivity index is 2.04. The minimum atomic E-state index is -0.517. The Kier molecular flexibility index (Phi) is 3.54. The van der Waals surface area contributed by atoms with E-state index in [0.29, 0.717) is 6.61 Å². The number of hydrogen-bond donors (Lipinski definition) is 0. The van der Waals surface area contributed by atoms with Crippen molar-refractivity contribution in [3.63, 3.8) is 0 Å². The highest BCUT2D eigenvalue weighted by atomic mass is 127. The summed E-state index contributed by atoms with van der Waals surface area (Å²) in [6.07, 6.45) is 0.0170. The summed E-state index contributed by atoms with van der Waals surface area (Å²) in [5.41, 5.74) is 0. The molecule has 16 heavy (non-hydrogen) atoms. The first-order valence-corrected chi connectivity index (χ1v) is 7.09. The van der Waals surface area contributed by atoms with Crippen molar-refractivity contribution in [1.82, 2.24) is 0 Å². The van der Waals surface area contributed by atoms with Crippen molar-refractivity contribution in [2.24, 2.45) is 0 Å². The molecule has 0 radical (unpaired) electrons. The normalized spacial score (nSPS) is 41.4. The average molecular weight is 342 g/mol. The summed E-state index contributed by atoms with van der Waals surface area (Å²) in [5, 5.41) is 0. The molecule has 0 spiro atoms. The Morgan fingerprint density at radius 2 is 1.75 bits per heavy atom. The lowest BCUT2D eigenvalue weighted by molar-refractivity contribution is -0.174. The fourth-order valence-electron chi connectivity index (χ4n) is 2.17. The third-order valence-electron chi connectivity index (χ3n) is 2.77. The van der Waals surface area contributed by atoms with Crippen LogP contribution in [-0.2, 0) is 18.9 Å². The van der Waals surface area contributed by atoms with Crippen molar-refractivity contribution in [3.8, 4) is 0 Å². The van der Waals surface area contributed by atoms with Gasteiger partial charge in [0.1, 0.15) is 12.2 Å². The van der Waals surface area contributed by atoms with Crippen molar-refractivity contribution in [2.45, 2.75) is 57.6 Å². The van der Waals surface area contributed by atoms with E-state index in [1.807, 2.05) is 27.7 Å². The zero-order valence-corrected chi connectivity index (χ0v) is 12.3. The Morgan fingerprint density at radius 1 is 1.06 bits per heavy atom. The van der Waals surface area contributed by atoms with E-state index in [1.54, 1.807) is 0 Å². The van der Waals surface area contributed by atoms with Crippen LogP contribution in [0.5, 0.6) is 0 Å². The molecule has 0 amide bonds. The lowest BCUT2D eigenvalue weighted by atomic mass is 10.1. The van der Waals surface area contributed by atoms with Crippen LogP contribution in [0.25, 0.3) is 0 Å². The second-order valence-corrected chi connectivity index (χ2v) is 6.04. The van der Waals surface area contributed by atoms with E-state index in [0.717, 1.165) is 4.43 Å². The average Bonchev–Trinajstić information content (AvgIpc) is 2.65. The van der Waals surface area contributed by atoms with Crippen molar-refractivity contribution in [3.05, 3.63) is 0 Å². The Labute approximate surface area is 110 Å². The summed E-state index contributed by atoms with van der Waals surface area (Å²) >= 11 is 2.32. The minimum absolute atomic E-state index is 0.0310. The Morgan fingerprint density at radius 3 is 2.25 bits per heavy atom. The van der Waals surface area contributed by atoms with E-state index >= 15 is 0 Å². The molecular formula is C11H19IO4. The van der Waals surface area contributed by atoms with Crippen LogP contribution in [0.2, 0.25) is 0 Å². The van der Waals surface area contributed by atoms with Gasteiger partial charge in [0.05, 0.1) is 12.7 Å². The lowest BCUT2D eigenvalue weighted by Crippen LogP contribution is -2.38. The zero-order valence-electron chi connectivity index (χ0n) is 10.2. The summed E-state index contributed by atoms with van der Waals surface area (Å²) < 4.78 is 24.0. The third-order valence-corrected chi connectivity index (χ3v) is 3.64. The summed E-state index contributed by atoms with van der Waals surface area (Å²) in [6.45, 7) is 8.30. The van der Waals surface area contributed by atoms with E-state index in [9.17, 15) is 0 Å². The first-order valence-electron chi connectivity index (χ1n) is 5.56. The largest absolute Gasteiger partial charge is 0.348 e. The van der Waals surface area contributed by atoms with Gasteiger partial charge in [-0.05, 0) is 27.7 Å². The second-order valence-electron chi connectivity index (χ2n) is 5.16. The molecule has 0 aromatic rings. The highest BCUT2D eigenvalue weighted by Gasteiger charge is 2.49. The topological polar surface area (TPSA) is 36.9 Å². The zero-order chi connectivity index (χ0) is 12.0. The smallest absolute Gasteiger partial charge is 0.163 e. The predicted octanol–water partition coefficient (Wildman–Crippen LogP) is 2.09. The molecule has 0 saturated carbocycles. The van der Waals surface area contributed by atoms with E-state index in [-0.39, 0.29) is 18.3 Å². The quantitative estimate of drug-likeness (QED) is 0.569. The first-order chi connectivity index (χ1) is 7.33. The molecule has 0 N–H and O–H groups in total. The second kappa shape index (κ2) is 4.35. The molecule has 2 fully saturated rings. The monoisotopic (exact) mass is 342 g/mol. The van der Waals surface area contributed by atoms with Crippen molar-refractivity contribution in [1.29, 1.82) is 0 Å². The van der Waals surface area contributed by atoms with Gasteiger partial charge in [-0.1, -0.05) is 22.6 Å². The van der Waals surface area contributed by atoms with Crippen LogP contribution in [0.4, 0.5) is 0 Å². The molecular weight excluding hydrogens is 323 g/mol. The number of hydrogen-bond acceptors (Lipinski definition) is 4. The SMILES string of the molecule is CC1(C)O[C@@H]([C@H]2COC(C)(C)O2)[C@H](CI)O1. The van der Waals surface area contributed by atoms with Crippen LogP contribution in [0.15, 0.2) is 0 Å². The van der Waals surface area contributed by atoms with Crippen LogP contribution >= 0.6 is 22.6 Å². The van der Waals surface area contributed by atoms with Gasteiger partial charge in [0.2, 0.25) is 0 Å². The molecule has 0 aliphatic carbocycles. The van der Waals surface area contributed by atoms with Gasteiger partial charge >= 0.3 is 0 Å². The number of halogens is 1. The molecule has 5 heteroatoms. The van der Waals surface area contributed by atoms with Crippen LogP contribution in [0.1, 0.15) is 27.7 Å². The molecule has 3 atom stereocenters. The first kappa shape index (κ1) is 13.0. The minimum Gasteiger partial charge on any atom is -0.348 e. The molecule has 0 aromatic heterocycles. The molecule has 2 aliphatic rings. The van der Waals surface area contributed by atoms with Gasteiger partial charge in [-0.3, -0.25) is 0 Å². The summed E-state index contributed by atoms with van der Waals surface area (Å²) in [4.78, 5) is 0. The van der Waals surface area contributed by atoms with E-state index in [4.69, 9.17) is 18.9 Å². The van der Waals surface area contributed by atoms with Crippen LogP contribution in [-0.4, -0.2) is 40.9 Å². The molecule has 2 saturated heterocycles. The lowest BCUT2D eigenvalue weighted by Gasteiger charge is -2.23. The van der Waals surface area contributed by atoms with E-state index < -0.39 is 11.6 Å². The molecule has 94 valence electrons. The van der Waals surface area contributed by atoms with Gasteiger partial charge in [-0.15, -0.1) is 0 Å². The van der Waals surface area contributed by atoms with Gasteiger partial charge in [-0.25, -0.2) is 0 Å². The molecule has 4 nitrogen and oxygen atoms in total. The molecule has 0 bridgehead atoms. The maximum absolute atomic E-state index is 5.90. The summed E-state index contributed by atoms with van der Waals surface area (Å²) in [5.74, 6) is -1.02. The molecule has 0 aromatic carbocycles. The standard InChI is InChI=1S/C11H19IO4/c1-10(2)13-6-8(15-10)9-7(5-12)14-11(3,4)16-9/h7-9H,5-6H2,1-4H3/t7-,8+,9+/m0/s1.